The number of imidazole rings is 1. The van der Waals surface area contributed by atoms with E-state index in [-0.39, 0.29) is 0 Å². The molecule has 0 unspecified atom stereocenters. The van der Waals surface area contributed by atoms with E-state index in [2.05, 4.69) is 51.7 Å². The summed E-state index contributed by atoms with van der Waals surface area (Å²) >= 11 is 0. The number of hydrogen-bond donors (Lipinski definition) is 0. The topological polar surface area (TPSA) is 21.1 Å². The lowest BCUT2D eigenvalue weighted by atomic mass is 10.2. The lowest BCUT2D eigenvalue weighted by Gasteiger charge is -2.28. The molecule has 0 radical (unpaired) electrons. The van der Waals surface area contributed by atoms with Crippen LogP contribution in [0, 0.1) is 0 Å². The van der Waals surface area contributed by atoms with Gasteiger partial charge in [0.1, 0.15) is 5.82 Å². The molecule has 0 atom stereocenters. The maximum atomic E-state index is 4.49. The predicted molar refractivity (Wildman–Crippen MR) is 72.2 cm³/mol. The van der Waals surface area contributed by atoms with E-state index >= 15 is 0 Å². The van der Waals surface area contributed by atoms with Crippen LogP contribution in [0.25, 0.3) is 0 Å². The molecule has 3 heteroatoms. The van der Waals surface area contributed by atoms with E-state index in [4.69, 9.17) is 0 Å². The number of nitrogens with zero attached hydrogens (tertiary/aromatic N) is 3. The lowest BCUT2D eigenvalue weighted by molar-refractivity contribution is 0.211. The molecule has 0 spiro atoms. The zero-order chi connectivity index (χ0) is 12.4. The molecule has 1 aromatic heterocycles. The van der Waals surface area contributed by atoms with E-state index < -0.39 is 0 Å². The van der Waals surface area contributed by atoms with Crippen LogP contribution in [0.3, 0.4) is 0 Å². The minimum atomic E-state index is 1.02. The van der Waals surface area contributed by atoms with Gasteiger partial charge in [-0.3, -0.25) is 4.90 Å². The molecule has 0 saturated heterocycles. The zero-order valence-corrected chi connectivity index (χ0v) is 10.8. The molecule has 3 rings (SSSR count). The minimum Gasteiger partial charge on any atom is -0.330 e. The molecule has 0 saturated carbocycles. The number of fused-ring (bicyclic) bond motifs is 1. The summed E-state index contributed by atoms with van der Waals surface area (Å²) in [5.74, 6) is 1.23. The van der Waals surface area contributed by atoms with Gasteiger partial charge in [-0.05, 0) is 5.56 Å². The van der Waals surface area contributed by atoms with E-state index in [0.29, 0.717) is 0 Å². The maximum Gasteiger partial charge on any atom is 0.108 e. The van der Waals surface area contributed by atoms with Crippen LogP contribution < -0.4 is 0 Å². The number of aromatic nitrogens is 2. The van der Waals surface area contributed by atoms with E-state index in [9.17, 15) is 0 Å². The largest absolute Gasteiger partial charge is 0.330 e. The van der Waals surface area contributed by atoms with Gasteiger partial charge in [0.05, 0.1) is 5.69 Å². The molecule has 0 aliphatic carbocycles. The number of rotatable bonds is 3. The fourth-order valence-corrected chi connectivity index (χ4v) is 2.66. The molecule has 0 bridgehead atoms. The van der Waals surface area contributed by atoms with E-state index in [1.54, 1.807) is 0 Å². The predicted octanol–water partition coefficient (Wildman–Crippen LogP) is 2.46. The van der Waals surface area contributed by atoms with Crippen molar-refractivity contribution >= 4 is 0 Å². The molecule has 0 fully saturated rings. The van der Waals surface area contributed by atoms with Crippen LogP contribution in [0.15, 0.2) is 36.5 Å². The first kappa shape index (κ1) is 11.5. The second-order valence-electron chi connectivity index (χ2n) is 4.87. The van der Waals surface area contributed by atoms with Crippen LogP contribution in [0.4, 0.5) is 0 Å². The van der Waals surface area contributed by atoms with E-state index in [1.165, 1.54) is 17.1 Å². The first-order valence-electron chi connectivity index (χ1n) is 6.66. The Morgan fingerprint density at radius 3 is 2.78 bits per heavy atom. The van der Waals surface area contributed by atoms with Crippen molar-refractivity contribution in [3.63, 3.8) is 0 Å². The monoisotopic (exact) mass is 241 g/mol. The van der Waals surface area contributed by atoms with Crippen LogP contribution in [-0.4, -0.2) is 21.0 Å². The third-order valence-corrected chi connectivity index (χ3v) is 3.61. The van der Waals surface area contributed by atoms with Crippen molar-refractivity contribution in [3.8, 4) is 0 Å². The van der Waals surface area contributed by atoms with Gasteiger partial charge in [0, 0.05) is 38.8 Å². The minimum absolute atomic E-state index is 1.02. The van der Waals surface area contributed by atoms with Crippen molar-refractivity contribution in [2.45, 2.75) is 33.0 Å². The highest BCUT2D eigenvalue weighted by Crippen LogP contribution is 2.17. The molecule has 1 aromatic carbocycles. The fourth-order valence-electron chi connectivity index (χ4n) is 2.66. The summed E-state index contributed by atoms with van der Waals surface area (Å²) in [4.78, 5) is 6.99. The summed E-state index contributed by atoms with van der Waals surface area (Å²) < 4.78 is 2.38. The molecule has 1 aliphatic rings. The zero-order valence-electron chi connectivity index (χ0n) is 10.8. The summed E-state index contributed by atoms with van der Waals surface area (Å²) in [6.45, 7) is 6.41. The van der Waals surface area contributed by atoms with Crippen LogP contribution in [0.2, 0.25) is 0 Å². The standard InChI is InChI=1S/C15H19N3/c1-2-15-16-10-14-12-17(8-9-18(14)15)11-13-6-4-3-5-7-13/h3-7,10H,2,8-9,11-12H2,1H3. The first-order valence-corrected chi connectivity index (χ1v) is 6.66. The normalized spacial score (nSPS) is 15.6. The highest BCUT2D eigenvalue weighted by atomic mass is 15.2. The summed E-state index contributed by atoms with van der Waals surface area (Å²) in [5, 5.41) is 0. The van der Waals surface area contributed by atoms with Crippen molar-refractivity contribution in [2.75, 3.05) is 6.54 Å². The Morgan fingerprint density at radius 2 is 2.00 bits per heavy atom. The van der Waals surface area contributed by atoms with Crippen molar-refractivity contribution in [3.05, 3.63) is 53.6 Å². The molecule has 2 heterocycles. The SMILES string of the molecule is CCc1ncc2n1CCN(Cc1ccccc1)C2. The Bertz CT molecular complexity index is 516. The van der Waals surface area contributed by atoms with E-state index in [1.807, 2.05) is 6.20 Å². The Balaban J connectivity index is 1.72. The summed E-state index contributed by atoms with van der Waals surface area (Å²) in [7, 11) is 0. The van der Waals surface area contributed by atoms with Crippen molar-refractivity contribution in [1.82, 2.24) is 14.5 Å². The lowest BCUT2D eigenvalue weighted by Crippen LogP contribution is -2.33. The Hall–Kier alpha value is -1.61. The van der Waals surface area contributed by atoms with Gasteiger partial charge in [0.25, 0.3) is 0 Å². The van der Waals surface area contributed by atoms with Crippen molar-refractivity contribution in [2.24, 2.45) is 0 Å². The van der Waals surface area contributed by atoms with Gasteiger partial charge in [-0.15, -0.1) is 0 Å². The average Bonchev–Trinajstić information content (AvgIpc) is 2.82. The van der Waals surface area contributed by atoms with Crippen LogP contribution in [0.5, 0.6) is 0 Å². The molecular weight excluding hydrogens is 222 g/mol. The van der Waals surface area contributed by atoms with Gasteiger partial charge in [0.2, 0.25) is 0 Å². The maximum absolute atomic E-state index is 4.49. The second kappa shape index (κ2) is 4.94. The van der Waals surface area contributed by atoms with Crippen LogP contribution in [-0.2, 0) is 26.1 Å². The highest BCUT2D eigenvalue weighted by molar-refractivity contribution is 5.15. The van der Waals surface area contributed by atoms with Gasteiger partial charge < -0.3 is 4.57 Å². The van der Waals surface area contributed by atoms with E-state index in [0.717, 1.165) is 32.6 Å². The number of hydrogen-bond acceptors (Lipinski definition) is 2. The number of aryl methyl sites for hydroxylation is 1. The van der Waals surface area contributed by atoms with Gasteiger partial charge in [0.15, 0.2) is 0 Å². The molecule has 3 nitrogen and oxygen atoms in total. The molecular formula is C15H19N3. The molecule has 1 aliphatic heterocycles. The van der Waals surface area contributed by atoms with Crippen molar-refractivity contribution in [1.29, 1.82) is 0 Å². The number of benzene rings is 1. The summed E-state index contributed by atoms with van der Waals surface area (Å²) in [6.07, 6.45) is 3.06. The van der Waals surface area contributed by atoms with Gasteiger partial charge in [-0.25, -0.2) is 4.98 Å². The molecule has 0 amide bonds. The van der Waals surface area contributed by atoms with Gasteiger partial charge in [-0.1, -0.05) is 37.3 Å². The highest BCUT2D eigenvalue weighted by Gasteiger charge is 2.18. The Labute approximate surface area is 108 Å². The fraction of sp³-hybridized carbons (Fsp3) is 0.400. The van der Waals surface area contributed by atoms with Crippen LogP contribution in [0.1, 0.15) is 24.0 Å². The Morgan fingerprint density at radius 1 is 1.17 bits per heavy atom. The molecule has 0 N–H and O–H groups in total. The molecule has 94 valence electrons. The summed E-state index contributed by atoms with van der Waals surface area (Å²) in [6, 6.07) is 10.7. The third kappa shape index (κ3) is 2.18. The first-order chi connectivity index (χ1) is 8.86. The van der Waals surface area contributed by atoms with Gasteiger partial charge in [-0.2, -0.15) is 0 Å². The third-order valence-electron chi connectivity index (χ3n) is 3.61. The molecule has 18 heavy (non-hydrogen) atoms. The average molecular weight is 241 g/mol. The smallest absolute Gasteiger partial charge is 0.108 e. The van der Waals surface area contributed by atoms with Crippen molar-refractivity contribution < 1.29 is 0 Å². The van der Waals surface area contributed by atoms with Crippen LogP contribution >= 0.6 is 0 Å². The quantitative estimate of drug-likeness (QED) is 0.823. The second-order valence-corrected chi connectivity index (χ2v) is 4.87. The molecule has 2 aromatic rings. The summed E-state index contributed by atoms with van der Waals surface area (Å²) in [5.41, 5.74) is 2.75. The Kier molecular flexibility index (Phi) is 3.15. The van der Waals surface area contributed by atoms with Gasteiger partial charge >= 0.3 is 0 Å².